The molecule has 0 aromatic carbocycles. The van der Waals surface area contributed by atoms with Crippen LogP contribution in [-0.4, -0.2) is 86.5 Å². The van der Waals surface area contributed by atoms with Crippen molar-refractivity contribution in [3.8, 4) is 0 Å². The van der Waals surface area contributed by atoms with E-state index in [1.54, 1.807) is 0 Å². The predicted molar refractivity (Wildman–Crippen MR) is 113 cm³/mol. The molecule has 0 aromatic heterocycles. The first-order chi connectivity index (χ1) is 14.8. The van der Waals surface area contributed by atoms with Gasteiger partial charge < -0.3 is 10.1 Å². The molecule has 8 heteroatoms. The van der Waals surface area contributed by atoms with Crippen molar-refractivity contribution < 1.29 is 14.0 Å². The second-order valence-corrected chi connectivity index (χ2v) is 9.98. The Morgan fingerprint density at radius 1 is 0.933 bits per heavy atom. The van der Waals surface area contributed by atoms with Crippen LogP contribution in [0, 0.1) is 11.8 Å². The number of likely N-dealkylation sites (tertiary alicyclic amines) is 1. The van der Waals surface area contributed by atoms with Crippen LogP contribution in [0.25, 0.3) is 0 Å². The van der Waals surface area contributed by atoms with Gasteiger partial charge in [0.25, 0.3) is 0 Å². The molecule has 7 unspecified atom stereocenters. The summed E-state index contributed by atoms with van der Waals surface area (Å²) in [6, 6.07) is 0.356. The quantitative estimate of drug-likeness (QED) is 0.616. The van der Waals surface area contributed by atoms with E-state index in [1.807, 2.05) is 0 Å². The molecule has 172 valence electrons. The minimum absolute atomic E-state index is 0.0103. The van der Waals surface area contributed by atoms with E-state index in [4.69, 9.17) is 9.57 Å². The Kier molecular flexibility index (Phi) is 7.21. The zero-order valence-electron chi connectivity index (χ0n) is 18.2. The Balaban J connectivity index is 1.09. The monoisotopic (exact) mass is 425 g/mol. The zero-order valence-corrected chi connectivity index (χ0v) is 18.2. The molecular weight excluding hydrogens is 385 g/mol. The fourth-order valence-corrected chi connectivity index (χ4v) is 6.25. The first-order valence-electron chi connectivity index (χ1n) is 12.4. The number of hydroxylamine groups is 1. The summed E-state index contributed by atoms with van der Waals surface area (Å²) in [5.74, 6) is 0.736. The molecule has 7 atom stereocenters. The molecule has 1 saturated carbocycles. The number of nitrogens with one attached hydrogen (secondary N) is 3. The van der Waals surface area contributed by atoms with Gasteiger partial charge in [0, 0.05) is 38.0 Å². The number of ether oxygens (including phenoxy) is 1. The molecule has 0 radical (unpaired) electrons. The summed E-state index contributed by atoms with van der Waals surface area (Å²) in [4.78, 5) is 11.1. The fourth-order valence-electron chi connectivity index (χ4n) is 6.25. The van der Waals surface area contributed by atoms with Gasteiger partial charge in [0.15, 0.2) is 0 Å². The first kappa shape index (κ1) is 21.5. The van der Waals surface area contributed by atoms with Crippen LogP contribution < -0.4 is 16.1 Å². The summed E-state index contributed by atoms with van der Waals surface area (Å²) in [6.45, 7) is 6.74. The SMILES string of the molecule is FC1CCCCC1CN1CCCC1C1NC(C2CCC(N3CCOCC3)NC2)NO1. The van der Waals surface area contributed by atoms with Gasteiger partial charge in [-0.05, 0) is 45.1 Å². The Morgan fingerprint density at radius 3 is 2.60 bits per heavy atom. The van der Waals surface area contributed by atoms with Crippen LogP contribution >= 0.6 is 0 Å². The molecule has 0 amide bonds. The van der Waals surface area contributed by atoms with Crippen molar-refractivity contribution >= 4 is 0 Å². The highest BCUT2D eigenvalue weighted by molar-refractivity contribution is 4.93. The lowest BCUT2D eigenvalue weighted by Gasteiger charge is -2.40. The van der Waals surface area contributed by atoms with Crippen molar-refractivity contribution in [1.82, 2.24) is 25.9 Å². The summed E-state index contributed by atoms with van der Waals surface area (Å²) in [7, 11) is 0. The molecule has 4 aliphatic heterocycles. The number of rotatable bonds is 5. The molecule has 1 aliphatic carbocycles. The number of hydrogen-bond donors (Lipinski definition) is 3. The van der Waals surface area contributed by atoms with Crippen molar-refractivity contribution in [2.75, 3.05) is 45.9 Å². The van der Waals surface area contributed by atoms with Crippen LogP contribution in [0.3, 0.4) is 0 Å². The molecule has 3 N–H and O–H groups in total. The first-order valence-corrected chi connectivity index (χ1v) is 12.4. The van der Waals surface area contributed by atoms with E-state index in [0.29, 0.717) is 18.1 Å². The molecule has 0 aromatic rings. The van der Waals surface area contributed by atoms with Gasteiger partial charge in [-0.15, -0.1) is 0 Å². The molecule has 4 heterocycles. The third-order valence-electron chi connectivity index (χ3n) is 8.10. The van der Waals surface area contributed by atoms with E-state index >= 15 is 0 Å². The summed E-state index contributed by atoms with van der Waals surface area (Å²) in [6.07, 6.45) is 8.80. The normalized spacial score (nSPS) is 44.5. The van der Waals surface area contributed by atoms with Crippen LogP contribution in [-0.2, 0) is 9.57 Å². The van der Waals surface area contributed by atoms with Gasteiger partial charge in [-0.2, -0.15) is 5.48 Å². The van der Waals surface area contributed by atoms with Crippen LogP contribution in [0.4, 0.5) is 4.39 Å². The minimum Gasteiger partial charge on any atom is -0.379 e. The maximum atomic E-state index is 14.4. The van der Waals surface area contributed by atoms with Crippen molar-refractivity contribution in [1.29, 1.82) is 0 Å². The maximum Gasteiger partial charge on any atom is 0.146 e. The molecule has 30 heavy (non-hydrogen) atoms. The fraction of sp³-hybridized carbons (Fsp3) is 1.00. The third kappa shape index (κ3) is 4.85. The lowest BCUT2D eigenvalue weighted by molar-refractivity contribution is -0.0313. The van der Waals surface area contributed by atoms with Crippen molar-refractivity contribution in [2.45, 2.75) is 82.1 Å². The van der Waals surface area contributed by atoms with E-state index in [1.165, 1.54) is 25.7 Å². The topological polar surface area (TPSA) is 61.0 Å². The van der Waals surface area contributed by atoms with E-state index in [9.17, 15) is 4.39 Å². The molecule has 5 fully saturated rings. The Labute approximate surface area is 180 Å². The summed E-state index contributed by atoms with van der Waals surface area (Å²) < 4.78 is 19.9. The van der Waals surface area contributed by atoms with Crippen LogP contribution in [0.1, 0.15) is 51.4 Å². The third-order valence-corrected chi connectivity index (χ3v) is 8.10. The highest BCUT2D eigenvalue weighted by Crippen LogP contribution is 2.32. The largest absolute Gasteiger partial charge is 0.379 e. The second kappa shape index (κ2) is 10.1. The number of alkyl halides is 1. The van der Waals surface area contributed by atoms with Gasteiger partial charge >= 0.3 is 0 Å². The molecule has 0 spiro atoms. The lowest BCUT2D eigenvalue weighted by Crippen LogP contribution is -2.57. The average Bonchev–Trinajstić information content (AvgIpc) is 3.46. The smallest absolute Gasteiger partial charge is 0.146 e. The Hall–Kier alpha value is -0.350. The number of halogens is 1. The van der Waals surface area contributed by atoms with E-state index in [0.717, 1.165) is 71.6 Å². The average molecular weight is 426 g/mol. The highest BCUT2D eigenvalue weighted by Gasteiger charge is 2.42. The molecule has 5 rings (SSSR count). The van der Waals surface area contributed by atoms with Crippen molar-refractivity contribution in [2.24, 2.45) is 11.8 Å². The van der Waals surface area contributed by atoms with Crippen LogP contribution in [0.5, 0.6) is 0 Å². The molecule has 0 bridgehead atoms. The van der Waals surface area contributed by atoms with Gasteiger partial charge in [0.05, 0.1) is 31.6 Å². The Bertz CT molecular complexity index is 544. The molecule has 4 saturated heterocycles. The van der Waals surface area contributed by atoms with E-state index in [-0.39, 0.29) is 18.3 Å². The second-order valence-electron chi connectivity index (χ2n) is 9.98. The molecular formula is C22H40FN5O2. The van der Waals surface area contributed by atoms with Gasteiger partial charge in [-0.1, -0.05) is 12.8 Å². The Morgan fingerprint density at radius 2 is 1.80 bits per heavy atom. The lowest BCUT2D eigenvalue weighted by atomic mass is 9.87. The van der Waals surface area contributed by atoms with Crippen molar-refractivity contribution in [3.05, 3.63) is 0 Å². The standard InChI is InChI=1S/C22H40FN5O2/c23-18-5-2-1-4-17(18)15-28-9-3-6-19(28)22-25-21(26-30-22)16-7-8-20(24-14-16)27-10-12-29-13-11-27/h16-22,24-26H,1-15H2. The minimum atomic E-state index is -0.615. The predicted octanol–water partition coefficient (Wildman–Crippen LogP) is 1.41. The maximum absolute atomic E-state index is 14.4. The van der Waals surface area contributed by atoms with Crippen LogP contribution in [0.15, 0.2) is 0 Å². The van der Waals surface area contributed by atoms with E-state index in [2.05, 4.69) is 25.9 Å². The van der Waals surface area contributed by atoms with Gasteiger partial charge in [0.1, 0.15) is 12.4 Å². The summed E-state index contributed by atoms with van der Waals surface area (Å²) >= 11 is 0. The summed E-state index contributed by atoms with van der Waals surface area (Å²) in [5, 5.41) is 7.48. The van der Waals surface area contributed by atoms with Gasteiger partial charge in [-0.3, -0.25) is 20.0 Å². The number of hydrogen-bond acceptors (Lipinski definition) is 7. The van der Waals surface area contributed by atoms with Crippen molar-refractivity contribution in [3.63, 3.8) is 0 Å². The number of nitrogens with zero attached hydrogens (tertiary/aromatic N) is 2. The highest BCUT2D eigenvalue weighted by atomic mass is 19.1. The van der Waals surface area contributed by atoms with Crippen LogP contribution in [0.2, 0.25) is 0 Å². The van der Waals surface area contributed by atoms with Gasteiger partial charge in [-0.25, -0.2) is 4.39 Å². The summed E-state index contributed by atoms with van der Waals surface area (Å²) in [5.41, 5.74) is 3.30. The molecule has 7 nitrogen and oxygen atoms in total. The molecule has 5 aliphatic rings. The number of morpholine rings is 1. The van der Waals surface area contributed by atoms with E-state index < -0.39 is 6.17 Å². The number of piperidine rings is 1. The zero-order chi connectivity index (χ0) is 20.3. The van der Waals surface area contributed by atoms with Gasteiger partial charge in [0.2, 0.25) is 0 Å².